The van der Waals surface area contributed by atoms with E-state index in [0.717, 1.165) is 39.6 Å². The second-order valence-corrected chi connectivity index (χ2v) is 6.88. The second-order valence-electron chi connectivity index (χ2n) is 5.23. The first kappa shape index (κ1) is 16.7. The van der Waals surface area contributed by atoms with Gasteiger partial charge in [-0.3, -0.25) is 4.68 Å². The lowest BCUT2D eigenvalue weighted by Crippen LogP contribution is -2.15. The summed E-state index contributed by atoms with van der Waals surface area (Å²) in [4.78, 5) is 0. The number of halogens is 2. The van der Waals surface area contributed by atoms with Gasteiger partial charge in [-0.15, -0.1) is 0 Å². The number of aliphatic hydroxyl groups excluding tert-OH is 1. The van der Waals surface area contributed by atoms with E-state index in [0.29, 0.717) is 0 Å². The van der Waals surface area contributed by atoms with Crippen molar-refractivity contribution in [2.45, 2.75) is 26.2 Å². The van der Waals surface area contributed by atoms with Crippen molar-refractivity contribution >= 4 is 31.9 Å². The largest absolute Gasteiger partial charge is 0.396 e. The topological polar surface area (TPSA) is 38.0 Å². The van der Waals surface area contributed by atoms with Gasteiger partial charge in [0.1, 0.15) is 0 Å². The fourth-order valence-electron chi connectivity index (χ4n) is 2.49. The smallest absolute Gasteiger partial charge is 0.0766 e. The maximum absolute atomic E-state index is 9.73. The Hall–Kier alpha value is -0.650. The van der Waals surface area contributed by atoms with E-state index in [9.17, 15) is 5.11 Å². The molecular weight excluding hydrogens is 396 g/mol. The number of nitrogens with zero attached hydrogens (tertiary/aromatic N) is 2. The maximum Gasteiger partial charge on any atom is 0.0766 e. The van der Waals surface area contributed by atoms with E-state index < -0.39 is 0 Å². The molecule has 0 radical (unpaired) electrons. The number of aryl methyl sites for hydroxylation is 2. The molecule has 0 amide bonds. The van der Waals surface area contributed by atoms with Crippen molar-refractivity contribution in [3.8, 4) is 0 Å². The van der Waals surface area contributed by atoms with Crippen LogP contribution in [-0.4, -0.2) is 21.5 Å². The van der Waals surface area contributed by atoms with E-state index in [1.807, 2.05) is 29.9 Å². The van der Waals surface area contributed by atoms with Crippen molar-refractivity contribution in [3.05, 3.63) is 50.2 Å². The third-order valence-corrected chi connectivity index (χ3v) is 5.40. The molecule has 5 heteroatoms. The molecule has 0 saturated heterocycles. The van der Waals surface area contributed by atoms with Gasteiger partial charge in [0.05, 0.1) is 15.9 Å². The lowest BCUT2D eigenvalue weighted by molar-refractivity contribution is 0.223. The van der Waals surface area contributed by atoms with Crippen LogP contribution in [0.5, 0.6) is 0 Å². The van der Waals surface area contributed by atoms with Gasteiger partial charge in [-0.1, -0.05) is 41.1 Å². The molecule has 0 bridgehead atoms. The van der Waals surface area contributed by atoms with E-state index in [1.54, 1.807) is 0 Å². The van der Waals surface area contributed by atoms with Crippen LogP contribution in [0.15, 0.2) is 33.2 Å². The Balaban J connectivity index is 2.16. The highest BCUT2D eigenvalue weighted by molar-refractivity contribution is 9.10. The highest BCUT2D eigenvalue weighted by Gasteiger charge is 2.18. The lowest BCUT2D eigenvalue weighted by atomic mass is 9.95. The molecule has 1 aromatic heterocycles. The molecule has 0 fully saturated rings. The van der Waals surface area contributed by atoms with Crippen molar-refractivity contribution < 1.29 is 5.11 Å². The fraction of sp³-hybridized carbons (Fsp3) is 0.438. The lowest BCUT2D eigenvalue weighted by Gasteiger charge is -2.15. The van der Waals surface area contributed by atoms with Gasteiger partial charge in [-0.2, -0.15) is 5.10 Å². The summed E-state index contributed by atoms with van der Waals surface area (Å²) in [5.74, 6) is 0.181. The summed E-state index contributed by atoms with van der Waals surface area (Å²) in [7, 11) is 1.96. The molecule has 114 valence electrons. The molecule has 1 N–H and O–H groups in total. The summed E-state index contributed by atoms with van der Waals surface area (Å²) in [5, 5.41) is 14.2. The molecule has 2 rings (SSSR count). The standard InChI is InChI=1S/C16H20Br2N2O/c1-3-14-16(18)15(20(2)19-14)9-11(10-21)8-12-6-4-5-7-13(12)17/h4-7,11,21H,3,8-10H2,1-2H3. The van der Waals surface area contributed by atoms with Crippen LogP contribution in [0.3, 0.4) is 0 Å². The zero-order valence-electron chi connectivity index (χ0n) is 12.3. The molecule has 2 aromatic rings. The van der Waals surface area contributed by atoms with E-state index in [2.05, 4.69) is 49.9 Å². The Morgan fingerprint density at radius 3 is 2.52 bits per heavy atom. The van der Waals surface area contributed by atoms with Gasteiger partial charge < -0.3 is 5.11 Å². The van der Waals surface area contributed by atoms with E-state index >= 15 is 0 Å². The summed E-state index contributed by atoms with van der Waals surface area (Å²) in [6.45, 7) is 2.27. The number of benzene rings is 1. The quantitative estimate of drug-likeness (QED) is 0.776. The normalized spacial score (nSPS) is 12.6. The number of aliphatic hydroxyl groups is 1. The van der Waals surface area contributed by atoms with Crippen LogP contribution < -0.4 is 0 Å². The second kappa shape index (κ2) is 7.56. The number of hydrogen-bond donors (Lipinski definition) is 1. The summed E-state index contributed by atoms with van der Waals surface area (Å²) in [6, 6.07) is 8.18. The van der Waals surface area contributed by atoms with Gasteiger partial charge in [-0.05, 0) is 52.7 Å². The zero-order chi connectivity index (χ0) is 15.4. The third kappa shape index (κ3) is 3.96. The number of aromatic nitrogens is 2. The average Bonchev–Trinajstić information content (AvgIpc) is 2.75. The fourth-order valence-corrected chi connectivity index (χ4v) is 3.72. The molecule has 0 saturated carbocycles. The molecule has 0 aliphatic rings. The molecule has 1 aromatic carbocycles. The first-order chi connectivity index (χ1) is 10.1. The predicted molar refractivity (Wildman–Crippen MR) is 92.4 cm³/mol. The van der Waals surface area contributed by atoms with Gasteiger partial charge in [0.2, 0.25) is 0 Å². The Morgan fingerprint density at radius 2 is 1.95 bits per heavy atom. The van der Waals surface area contributed by atoms with Crippen LogP contribution in [0.25, 0.3) is 0 Å². The first-order valence-corrected chi connectivity index (χ1v) is 8.69. The Kier molecular flexibility index (Phi) is 6.02. The van der Waals surface area contributed by atoms with Gasteiger partial charge >= 0.3 is 0 Å². The maximum atomic E-state index is 9.73. The van der Waals surface area contributed by atoms with E-state index in [-0.39, 0.29) is 12.5 Å². The SMILES string of the molecule is CCc1nn(C)c(CC(CO)Cc2ccccc2Br)c1Br. The van der Waals surface area contributed by atoms with Crippen LogP contribution in [0.4, 0.5) is 0 Å². The van der Waals surface area contributed by atoms with Gasteiger partial charge in [0.25, 0.3) is 0 Å². The molecule has 1 atom stereocenters. The number of rotatable bonds is 6. The Morgan fingerprint density at radius 1 is 1.24 bits per heavy atom. The van der Waals surface area contributed by atoms with Crippen molar-refractivity contribution in [2.24, 2.45) is 13.0 Å². The minimum Gasteiger partial charge on any atom is -0.396 e. The number of hydrogen-bond acceptors (Lipinski definition) is 2. The molecular formula is C16H20Br2N2O. The van der Waals surface area contributed by atoms with E-state index in [4.69, 9.17) is 0 Å². The molecule has 1 heterocycles. The highest BCUT2D eigenvalue weighted by atomic mass is 79.9. The predicted octanol–water partition coefficient (Wildman–Crippen LogP) is 3.90. The Bertz CT molecular complexity index is 610. The minimum absolute atomic E-state index is 0.167. The minimum atomic E-state index is 0.167. The summed E-state index contributed by atoms with van der Waals surface area (Å²) < 4.78 is 4.10. The Labute approximate surface area is 142 Å². The van der Waals surface area contributed by atoms with Crippen molar-refractivity contribution in [1.29, 1.82) is 0 Å². The summed E-state index contributed by atoms with van der Waals surface area (Å²) in [6.07, 6.45) is 2.56. The molecule has 1 unspecified atom stereocenters. The van der Waals surface area contributed by atoms with Gasteiger partial charge in [0, 0.05) is 18.1 Å². The third-order valence-electron chi connectivity index (χ3n) is 3.71. The molecule has 0 aliphatic heterocycles. The molecule has 0 aliphatic carbocycles. The van der Waals surface area contributed by atoms with Crippen LogP contribution in [-0.2, 0) is 26.3 Å². The van der Waals surface area contributed by atoms with Crippen LogP contribution in [0.2, 0.25) is 0 Å². The summed E-state index contributed by atoms with van der Waals surface area (Å²) in [5.41, 5.74) is 3.45. The van der Waals surface area contributed by atoms with Crippen LogP contribution in [0, 0.1) is 5.92 Å². The van der Waals surface area contributed by atoms with Crippen LogP contribution in [0.1, 0.15) is 23.9 Å². The van der Waals surface area contributed by atoms with Crippen molar-refractivity contribution in [3.63, 3.8) is 0 Å². The summed E-state index contributed by atoms with van der Waals surface area (Å²) >= 11 is 7.22. The zero-order valence-corrected chi connectivity index (χ0v) is 15.5. The molecule has 0 spiro atoms. The van der Waals surface area contributed by atoms with E-state index in [1.165, 1.54) is 5.56 Å². The molecule has 3 nitrogen and oxygen atoms in total. The monoisotopic (exact) mass is 414 g/mol. The first-order valence-electron chi connectivity index (χ1n) is 7.11. The molecule has 21 heavy (non-hydrogen) atoms. The van der Waals surface area contributed by atoms with Crippen molar-refractivity contribution in [1.82, 2.24) is 9.78 Å². The van der Waals surface area contributed by atoms with Crippen molar-refractivity contribution in [2.75, 3.05) is 6.61 Å². The van der Waals surface area contributed by atoms with Gasteiger partial charge in [0.15, 0.2) is 0 Å². The average molecular weight is 416 g/mol. The van der Waals surface area contributed by atoms with Crippen LogP contribution >= 0.6 is 31.9 Å². The highest BCUT2D eigenvalue weighted by Crippen LogP contribution is 2.26. The van der Waals surface area contributed by atoms with Gasteiger partial charge in [-0.25, -0.2) is 0 Å².